The van der Waals surface area contributed by atoms with Crippen molar-refractivity contribution in [3.05, 3.63) is 35.4 Å². The third-order valence-electron chi connectivity index (χ3n) is 6.36. The summed E-state index contributed by atoms with van der Waals surface area (Å²) in [5.74, 6) is 1.76. The first kappa shape index (κ1) is 17.9. The molecule has 1 aromatic carbocycles. The molecule has 2 heterocycles. The second-order valence-corrected chi connectivity index (χ2v) is 9.33. The molecule has 2 amide bonds. The zero-order valence-corrected chi connectivity index (χ0v) is 16.4. The van der Waals surface area contributed by atoms with Crippen molar-refractivity contribution in [3.63, 3.8) is 0 Å². The zero-order valence-electron chi connectivity index (χ0n) is 15.6. The second kappa shape index (κ2) is 7.26. The van der Waals surface area contributed by atoms with Crippen molar-refractivity contribution in [1.82, 2.24) is 9.80 Å². The molecule has 3 fully saturated rings. The number of piperidine rings is 1. The Labute approximate surface area is 160 Å². The molecule has 2 aliphatic heterocycles. The summed E-state index contributed by atoms with van der Waals surface area (Å²) in [4.78, 5) is 30.0. The molecule has 1 spiro atoms. The minimum Gasteiger partial charge on any atom is -0.342 e. The standard InChI is InChI=1S/C21H28N2O2S/c1-16-6-2-5-9-18(16)20(25)23-14-15-26-21(23)10-12-22(13-11-21)19(24)17-7-3-4-8-17/h2,5-6,9,17H,3-4,7-8,10-15H2,1H3. The normalized spacial score (nSPS) is 23.0. The number of likely N-dealkylation sites (tertiary alicyclic amines) is 1. The van der Waals surface area contributed by atoms with Gasteiger partial charge in [0, 0.05) is 36.9 Å². The molecule has 1 aromatic rings. The zero-order chi connectivity index (χ0) is 18.1. The van der Waals surface area contributed by atoms with E-state index in [1.807, 2.05) is 43.0 Å². The van der Waals surface area contributed by atoms with Crippen molar-refractivity contribution in [2.75, 3.05) is 25.4 Å². The van der Waals surface area contributed by atoms with Gasteiger partial charge in [0.05, 0.1) is 4.87 Å². The topological polar surface area (TPSA) is 40.6 Å². The third-order valence-corrected chi connectivity index (χ3v) is 7.91. The molecule has 1 saturated carbocycles. The maximum atomic E-state index is 13.2. The summed E-state index contributed by atoms with van der Waals surface area (Å²) >= 11 is 1.92. The molecule has 4 nitrogen and oxygen atoms in total. The molecule has 5 heteroatoms. The van der Waals surface area contributed by atoms with E-state index in [2.05, 4.69) is 9.80 Å². The Bertz CT molecular complexity index is 691. The Morgan fingerprint density at radius 2 is 1.77 bits per heavy atom. The smallest absolute Gasteiger partial charge is 0.255 e. The Kier molecular flexibility index (Phi) is 5.00. The number of rotatable bonds is 2. The van der Waals surface area contributed by atoms with Crippen LogP contribution in [0.2, 0.25) is 0 Å². The highest BCUT2D eigenvalue weighted by Crippen LogP contribution is 2.45. The highest BCUT2D eigenvalue weighted by atomic mass is 32.2. The molecule has 4 rings (SSSR count). The van der Waals surface area contributed by atoms with Gasteiger partial charge in [-0.05, 0) is 44.2 Å². The first-order valence-corrected chi connectivity index (χ1v) is 10.9. The molecule has 0 N–H and O–H groups in total. The van der Waals surface area contributed by atoms with Crippen LogP contribution in [-0.4, -0.2) is 51.9 Å². The van der Waals surface area contributed by atoms with Crippen LogP contribution in [0.1, 0.15) is 54.4 Å². The fourth-order valence-electron chi connectivity index (χ4n) is 4.78. The van der Waals surface area contributed by atoms with Crippen molar-refractivity contribution in [3.8, 4) is 0 Å². The Morgan fingerprint density at radius 3 is 2.46 bits per heavy atom. The first-order chi connectivity index (χ1) is 12.6. The van der Waals surface area contributed by atoms with Crippen LogP contribution in [-0.2, 0) is 4.79 Å². The van der Waals surface area contributed by atoms with E-state index in [1.54, 1.807) is 0 Å². The molecule has 140 valence electrons. The van der Waals surface area contributed by atoms with E-state index in [-0.39, 0.29) is 16.7 Å². The number of nitrogens with zero attached hydrogens (tertiary/aromatic N) is 2. The lowest BCUT2D eigenvalue weighted by molar-refractivity contribution is -0.137. The van der Waals surface area contributed by atoms with Crippen molar-refractivity contribution >= 4 is 23.6 Å². The van der Waals surface area contributed by atoms with Gasteiger partial charge in [-0.1, -0.05) is 31.0 Å². The molecule has 3 aliphatic rings. The monoisotopic (exact) mass is 372 g/mol. The number of carbonyl (C=O) groups excluding carboxylic acids is 2. The number of benzene rings is 1. The van der Waals surface area contributed by atoms with Gasteiger partial charge in [-0.25, -0.2) is 0 Å². The summed E-state index contributed by atoms with van der Waals surface area (Å²) in [6.45, 7) is 4.40. The van der Waals surface area contributed by atoms with E-state index < -0.39 is 0 Å². The Morgan fingerprint density at radius 1 is 1.08 bits per heavy atom. The van der Waals surface area contributed by atoms with Gasteiger partial charge in [0.2, 0.25) is 5.91 Å². The van der Waals surface area contributed by atoms with Gasteiger partial charge >= 0.3 is 0 Å². The molecular weight excluding hydrogens is 344 g/mol. The molecular formula is C21H28N2O2S. The summed E-state index contributed by atoms with van der Waals surface area (Å²) in [7, 11) is 0. The van der Waals surface area contributed by atoms with Crippen LogP contribution in [0.4, 0.5) is 0 Å². The average molecular weight is 373 g/mol. The molecule has 0 aromatic heterocycles. The summed E-state index contributed by atoms with van der Waals surface area (Å²) < 4.78 is 0. The molecule has 26 heavy (non-hydrogen) atoms. The van der Waals surface area contributed by atoms with Crippen molar-refractivity contribution in [2.24, 2.45) is 5.92 Å². The van der Waals surface area contributed by atoms with E-state index in [0.29, 0.717) is 5.91 Å². The lowest BCUT2D eigenvalue weighted by Gasteiger charge is -2.44. The highest BCUT2D eigenvalue weighted by molar-refractivity contribution is 8.00. The van der Waals surface area contributed by atoms with Gasteiger partial charge in [0.15, 0.2) is 0 Å². The van der Waals surface area contributed by atoms with Crippen LogP contribution in [0.15, 0.2) is 24.3 Å². The lowest BCUT2D eigenvalue weighted by Crippen LogP contribution is -2.54. The number of thioether (sulfide) groups is 1. The molecule has 2 saturated heterocycles. The van der Waals surface area contributed by atoms with Crippen LogP contribution in [0.5, 0.6) is 0 Å². The van der Waals surface area contributed by atoms with Crippen molar-refractivity contribution < 1.29 is 9.59 Å². The lowest BCUT2D eigenvalue weighted by atomic mass is 9.98. The van der Waals surface area contributed by atoms with E-state index in [9.17, 15) is 9.59 Å². The van der Waals surface area contributed by atoms with Gasteiger partial charge in [0.1, 0.15) is 0 Å². The molecule has 1 aliphatic carbocycles. The quantitative estimate of drug-likeness (QED) is 0.795. The molecule has 0 bridgehead atoms. The third kappa shape index (κ3) is 3.15. The minimum absolute atomic E-state index is 0.119. The molecule has 0 radical (unpaired) electrons. The number of hydrogen-bond donors (Lipinski definition) is 0. The van der Waals surface area contributed by atoms with Gasteiger partial charge in [-0.2, -0.15) is 0 Å². The summed E-state index contributed by atoms with van der Waals surface area (Å²) in [5.41, 5.74) is 1.86. The number of amides is 2. The fourth-order valence-corrected chi connectivity index (χ4v) is 6.23. The fraction of sp³-hybridized carbons (Fsp3) is 0.619. The summed E-state index contributed by atoms with van der Waals surface area (Å²) in [6, 6.07) is 7.87. The number of aryl methyl sites for hydroxylation is 1. The Hall–Kier alpha value is -1.49. The SMILES string of the molecule is Cc1ccccc1C(=O)N1CCSC12CCN(C(=O)C1CCCC1)CC2. The van der Waals surface area contributed by atoms with Gasteiger partial charge < -0.3 is 9.80 Å². The predicted octanol–water partition coefficient (Wildman–Crippen LogP) is 3.69. The first-order valence-electron chi connectivity index (χ1n) is 9.91. The van der Waals surface area contributed by atoms with E-state index in [4.69, 9.17) is 0 Å². The van der Waals surface area contributed by atoms with E-state index >= 15 is 0 Å². The number of hydrogen-bond acceptors (Lipinski definition) is 3. The minimum atomic E-state index is -0.119. The predicted molar refractivity (Wildman–Crippen MR) is 105 cm³/mol. The summed E-state index contributed by atoms with van der Waals surface area (Å²) in [5, 5.41) is 0. The van der Waals surface area contributed by atoms with Gasteiger partial charge in [-0.15, -0.1) is 11.8 Å². The van der Waals surface area contributed by atoms with Crippen LogP contribution >= 0.6 is 11.8 Å². The molecule has 0 atom stereocenters. The van der Waals surface area contributed by atoms with Crippen molar-refractivity contribution in [2.45, 2.75) is 50.3 Å². The summed E-state index contributed by atoms with van der Waals surface area (Å²) in [6.07, 6.45) is 6.31. The molecule has 0 unspecified atom stereocenters. The second-order valence-electron chi connectivity index (χ2n) is 7.87. The van der Waals surface area contributed by atoms with Crippen LogP contribution < -0.4 is 0 Å². The maximum absolute atomic E-state index is 13.2. The Balaban J connectivity index is 1.46. The van der Waals surface area contributed by atoms with Crippen molar-refractivity contribution in [1.29, 1.82) is 0 Å². The maximum Gasteiger partial charge on any atom is 0.255 e. The highest BCUT2D eigenvalue weighted by Gasteiger charge is 2.47. The van der Waals surface area contributed by atoms with E-state index in [0.717, 1.165) is 62.2 Å². The largest absolute Gasteiger partial charge is 0.342 e. The number of carbonyl (C=O) groups is 2. The average Bonchev–Trinajstić information content (AvgIpc) is 3.32. The van der Waals surface area contributed by atoms with E-state index in [1.165, 1.54) is 12.8 Å². The van der Waals surface area contributed by atoms with Gasteiger partial charge in [0.25, 0.3) is 5.91 Å². The van der Waals surface area contributed by atoms with Crippen LogP contribution in [0.25, 0.3) is 0 Å². The van der Waals surface area contributed by atoms with Crippen LogP contribution in [0.3, 0.4) is 0 Å². The van der Waals surface area contributed by atoms with Gasteiger partial charge in [-0.3, -0.25) is 9.59 Å². The van der Waals surface area contributed by atoms with Crippen LogP contribution in [0, 0.1) is 12.8 Å².